The maximum atomic E-state index is 15.2. The third-order valence-corrected chi connectivity index (χ3v) is 13.1. The Balaban J connectivity index is 0.991. The van der Waals surface area contributed by atoms with Crippen molar-refractivity contribution in [2.45, 2.75) is 102 Å². The Hall–Kier alpha value is -4.56. The molecule has 4 aromatic rings. The van der Waals surface area contributed by atoms with E-state index in [1.54, 1.807) is 18.2 Å². The van der Waals surface area contributed by atoms with Crippen LogP contribution in [0.4, 0.5) is 20.3 Å². The van der Waals surface area contributed by atoms with Gasteiger partial charge in [-0.3, -0.25) is 14.4 Å². The predicted molar refractivity (Wildman–Crippen MR) is 202 cm³/mol. The van der Waals surface area contributed by atoms with Crippen LogP contribution < -0.4 is 14.5 Å². The number of aromatic hydroxyl groups is 1. The number of hydrogen-bond donors (Lipinski definition) is 1. The first-order valence-electron chi connectivity index (χ1n) is 20.1. The molecule has 4 atom stereocenters. The summed E-state index contributed by atoms with van der Waals surface area (Å²) in [6.45, 7) is 7.79. The van der Waals surface area contributed by atoms with Crippen LogP contribution in [0.2, 0.25) is 0 Å². The van der Waals surface area contributed by atoms with Gasteiger partial charge in [0, 0.05) is 61.8 Å². The molecule has 0 unspecified atom stereocenters. The number of likely N-dealkylation sites (tertiary alicyclic amines) is 1. The van der Waals surface area contributed by atoms with Gasteiger partial charge in [-0.25, -0.2) is 8.78 Å². The van der Waals surface area contributed by atoms with Crippen LogP contribution in [0.25, 0.3) is 10.8 Å². The number of carbonyl (C=O) groups excluding carboxylic acids is 1. The number of phenolic OH excluding ortho intramolecular Hbond substituents is 1. The van der Waals surface area contributed by atoms with E-state index in [-0.39, 0.29) is 41.2 Å². The summed E-state index contributed by atoms with van der Waals surface area (Å²) in [5.41, 5.74) is 4.28. The monoisotopic (exact) mass is 754 g/mol. The minimum absolute atomic E-state index is 0.0374. The third kappa shape index (κ3) is 6.07. The first-order valence-corrected chi connectivity index (χ1v) is 20.1. The van der Waals surface area contributed by atoms with Gasteiger partial charge in [0.25, 0.3) is 5.91 Å². The molecule has 8 heterocycles. The number of anilines is 2. The number of halogens is 2. The number of fused-ring (bicyclic) bond motifs is 6. The van der Waals surface area contributed by atoms with Gasteiger partial charge in [0.05, 0.1) is 48.8 Å². The molecular weight excluding hydrogens is 706 g/mol. The summed E-state index contributed by atoms with van der Waals surface area (Å²) < 4.78 is 44.2. The van der Waals surface area contributed by atoms with Crippen LogP contribution in [0.1, 0.15) is 78.5 Å². The van der Waals surface area contributed by atoms with Crippen molar-refractivity contribution in [3.63, 3.8) is 0 Å². The maximum absolute atomic E-state index is 15.2. The number of rotatable bonds is 7. The number of ether oxygens (including phenoxy) is 2. The van der Waals surface area contributed by atoms with Crippen LogP contribution >= 0.6 is 0 Å². The Morgan fingerprint density at radius 1 is 1.07 bits per heavy atom. The van der Waals surface area contributed by atoms with Crippen molar-refractivity contribution in [1.82, 2.24) is 29.5 Å². The largest absolute Gasteiger partial charge is 0.508 e. The van der Waals surface area contributed by atoms with Gasteiger partial charge < -0.3 is 29.3 Å². The fraction of sp³-hybridized carbons (Fsp3) is 0.561. The lowest BCUT2D eigenvalue weighted by Gasteiger charge is -2.35. The number of aromatic nitrogens is 4. The third-order valence-electron chi connectivity index (χ3n) is 13.1. The fourth-order valence-corrected chi connectivity index (χ4v) is 10.4. The Kier molecular flexibility index (Phi) is 8.61. The number of piperidine rings is 1. The second-order valence-electron chi connectivity index (χ2n) is 16.4. The molecule has 290 valence electrons. The highest BCUT2D eigenvalue weighted by Crippen LogP contribution is 2.42. The number of carbonyl (C=O) groups is 1. The average Bonchev–Trinajstić information content (AvgIpc) is 3.92. The molecule has 1 N–H and O–H groups in total. The zero-order valence-electron chi connectivity index (χ0n) is 31.4. The normalized spacial score (nSPS) is 26.3. The Labute approximate surface area is 319 Å². The van der Waals surface area contributed by atoms with E-state index in [1.165, 1.54) is 6.07 Å². The van der Waals surface area contributed by atoms with E-state index in [2.05, 4.69) is 14.7 Å². The molecule has 4 fully saturated rings. The number of nitrogens with zero attached hydrogens (tertiary/aromatic N) is 8. The molecule has 1 amide bonds. The molecule has 12 nitrogen and oxygen atoms in total. The van der Waals surface area contributed by atoms with E-state index < -0.39 is 6.17 Å². The molecule has 55 heavy (non-hydrogen) atoms. The van der Waals surface area contributed by atoms with E-state index >= 15 is 4.39 Å². The van der Waals surface area contributed by atoms with Crippen LogP contribution in [0.3, 0.4) is 0 Å². The highest BCUT2D eigenvalue weighted by molar-refractivity contribution is 5.98. The zero-order chi connectivity index (χ0) is 37.4. The average molecular weight is 755 g/mol. The number of benzene rings is 2. The fourth-order valence-electron chi connectivity index (χ4n) is 10.4. The van der Waals surface area contributed by atoms with Crippen molar-refractivity contribution in [3.8, 4) is 11.8 Å². The number of amides is 1. The summed E-state index contributed by atoms with van der Waals surface area (Å²) in [5.74, 6) is 0.621. The summed E-state index contributed by atoms with van der Waals surface area (Å²) in [7, 11) is 0. The van der Waals surface area contributed by atoms with E-state index in [0.717, 1.165) is 84.4 Å². The molecule has 2 aromatic heterocycles. The first kappa shape index (κ1) is 34.9. The van der Waals surface area contributed by atoms with Crippen molar-refractivity contribution in [2.24, 2.45) is 0 Å². The molecule has 6 aliphatic heterocycles. The van der Waals surface area contributed by atoms with Crippen molar-refractivity contribution < 1.29 is 28.2 Å². The molecule has 14 heteroatoms. The Morgan fingerprint density at radius 2 is 1.98 bits per heavy atom. The molecule has 10 rings (SSSR count). The van der Waals surface area contributed by atoms with E-state index in [9.17, 15) is 14.3 Å². The number of phenols is 1. The highest BCUT2D eigenvalue weighted by Gasteiger charge is 2.49. The van der Waals surface area contributed by atoms with Crippen LogP contribution in [-0.2, 0) is 37.2 Å². The standard InChI is InChI=1S/C41H48F2N8O4/c1-2-31-33(43)6-5-25-15-29(52)18-36(37(25)31)47-13-8-32-35(22-47)44-40(55-24-41-9-3-11-49(41)20-26(42)19-41)45-38(32)48-10-4-12-51-27(21-48)17-34(46-51)39(53)50-14-7-30-16-28(50)23-54-30/h5-6,15,17-18,26,28,30,52H,2-4,7-14,16,19-24H2,1H3/t26-,28+,30-,41+/m1/s1. The highest BCUT2D eigenvalue weighted by atomic mass is 19.1. The first-order chi connectivity index (χ1) is 26.7. The van der Waals surface area contributed by atoms with Gasteiger partial charge in [-0.05, 0) is 80.6 Å². The molecule has 0 aliphatic carbocycles. The smallest absolute Gasteiger partial charge is 0.318 e. The zero-order valence-corrected chi connectivity index (χ0v) is 31.4. The quantitative estimate of drug-likeness (QED) is 0.272. The van der Waals surface area contributed by atoms with E-state index in [0.29, 0.717) is 83.0 Å². The molecule has 0 saturated carbocycles. The van der Waals surface area contributed by atoms with Crippen LogP contribution in [-0.4, -0.2) is 110 Å². The Bertz CT molecular complexity index is 2160. The van der Waals surface area contributed by atoms with Crippen molar-refractivity contribution >= 4 is 28.2 Å². The molecule has 2 aromatic carbocycles. The van der Waals surface area contributed by atoms with Crippen LogP contribution in [0, 0.1) is 5.82 Å². The van der Waals surface area contributed by atoms with Gasteiger partial charge in [-0.15, -0.1) is 0 Å². The molecule has 0 radical (unpaired) electrons. The lowest BCUT2D eigenvalue weighted by Crippen LogP contribution is -2.44. The van der Waals surface area contributed by atoms with Gasteiger partial charge in [-0.2, -0.15) is 15.1 Å². The molecule has 4 saturated heterocycles. The minimum atomic E-state index is -0.871. The summed E-state index contributed by atoms with van der Waals surface area (Å²) in [5, 5.41) is 17.2. The maximum Gasteiger partial charge on any atom is 0.318 e. The Morgan fingerprint density at radius 3 is 2.87 bits per heavy atom. The summed E-state index contributed by atoms with van der Waals surface area (Å²) >= 11 is 0. The lowest BCUT2D eigenvalue weighted by atomic mass is 9.95. The molecule has 2 bridgehead atoms. The van der Waals surface area contributed by atoms with E-state index in [4.69, 9.17) is 24.5 Å². The predicted octanol–water partition coefficient (Wildman–Crippen LogP) is 5.17. The second-order valence-corrected chi connectivity index (χ2v) is 16.4. The lowest BCUT2D eigenvalue weighted by molar-refractivity contribution is 0.0647. The number of alkyl halides is 1. The van der Waals surface area contributed by atoms with Gasteiger partial charge in [0.2, 0.25) is 0 Å². The van der Waals surface area contributed by atoms with Crippen molar-refractivity contribution in [3.05, 3.63) is 64.4 Å². The molecular formula is C41H48F2N8O4. The number of hydrogen-bond acceptors (Lipinski definition) is 10. The SMILES string of the molecule is CCc1c(F)ccc2cc(O)cc(N3CCc4c(nc(OC[C@@]56CCCN5C[C@H](F)C6)nc4N4CCCn5nc(C(=O)N6CC[C@@H]7C[C@H]6CO7)cc5C4)C3)c12. The molecule has 6 aliphatic rings. The summed E-state index contributed by atoms with van der Waals surface area (Å²) in [4.78, 5) is 32.5. The van der Waals surface area contributed by atoms with Gasteiger partial charge >= 0.3 is 6.01 Å². The number of aryl methyl sites for hydroxylation is 2. The van der Waals surface area contributed by atoms with Crippen LogP contribution in [0.15, 0.2) is 30.3 Å². The van der Waals surface area contributed by atoms with E-state index in [1.807, 2.05) is 22.6 Å². The summed E-state index contributed by atoms with van der Waals surface area (Å²) in [6.07, 6.45) is 5.41. The minimum Gasteiger partial charge on any atom is -0.508 e. The summed E-state index contributed by atoms with van der Waals surface area (Å²) in [6, 6.07) is 8.91. The van der Waals surface area contributed by atoms with Crippen molar-refractivity contribution in [2.75, 3.05) is 55.7 Å². The second kappa shape index (κ2) is 13.6. The van der Waals surface area contributed by atoms with Crippen molar-refractivity contribution in [1.29, 1.82) is 0 Å². The van der Waals surface area contributed by atoms with Crippen LogP contribution in [0.5, 0.6) is 11.8 Å². The van der Waals surface area contributed by atoms with Gasteiger partial charge in [-0.1, -0.05) is 13.0 Å². The topological polar surface area (TPSA) is 112 Å². The molecule has 0 spiro atoms. The van der Waals surface area contributed by atoms with Gasteiger partial charge in [0.1, 0.15) is 30.2 Å². The van der Waals surface area contributed by atoms with Gasteiger partial charge in [0.15, 0.2) is 5.69 Å².